The SMILES string of the molecule is CC(C)N1CCCN(c2nccc(C(=N)NC(=O)[C@@]3(C)CCCc4sc(N)c(C#N)c43)n2)CC1. The van der Waals surface area contributed by atoms with E-state index in [4.69, 9.17) is 11.1 Å². The van der Waals surface area contributed by atoms with Crippen molar-refractivity contribution in [2.75, 3.05) is 36.8 Å². The van der Waals surface area contributed by atoms with E-state index in [-0.39, 0.29) is 11.7 Å². The monoisotopic (exact) mass is 480 g/mol. The van der Waals surface area contributed by atoms with Gasteiger partial charge in [-0.2, -0.15) is 5.26 Å². The number of hydrogen-bond donors (Lipinski definition) is 3. The minimum atomic E-state index is -0.917. The fourth-order valence-electron chi connectivity index (χ4n) is 4.93. The maximum atomic E-state index is 13.4. The molecule has 0 spiro atoms. The van der Waals surface area contributed by atoms with Gasteiger partial charge in [-0.1, -0.05) is 0 Å². The normalized spacial score (nSPS) is 21.0. The molecule has 9 nitrogen and oxygen atoms in total. The first-order chi connectivity index (χ1) is 16.2. The lowest BCUT2D eigenvalue weighted by Crippen LogP contribution is -2.47. The number of amides is 1. The second kappa shape index (κ2) is 9.68. The summed E-state index contributed by atoms with van der Waals surface area (Å²) in [7, 11) is 0. The van der Waals surface area contributed by atoms with Gasteiger partial charge < -0.3 is 16.0 Å². The molecule has 0 radical (unpaired) electrons. The van der Waals surface area contributed by atoms with Gasteiger partial charge in [0.2, 0.25) is 11.9 Å². The summed E-state index contributed by atoms with van der Waals surface area (Å²) in [5, 5.41) is 21.4. The van der Waals surface area contributed by atoms with Gasteiger partial charge in [0.05, 0.1) is 11.0 Å². The van der Waals surface area contributed by atoms with Crippen molar-refractivity contribution in [3.8, 4) is 6.07 Å². The van der Waals surface area contributed by atoms with E-state index in [1.165, 1.54) is 11.3 Å². The van der Waals surface area contributed by atoms with E-state index in [0.717, 1.165) is 55.9 Å². The Kier molecular flexibility index (Phi) is 6.86. The number of thiophene rings is 1. The van der Waals surface area contributed by atoms with Crippen LogP contribution >= 0.6 is 11.3 Å². The number of aromatic nitrogens is 2. The van der Waals surface area contributed by atoms with Gasteiger partial charge in [-0.3, -0.25) is 15.1 Å². The summed E-state index contributed by atoms with van der Waals surface area (Å²) in [5.74, 6) is 0.197. The molecule has 1 saturated heterocycles. The van der Waals surface area contributed by atoms with E-state index in [9.17, 15) is 10.1 Å². The van der Waals surface area contributed by atoms with Crippen LogP contribution in [0.2, 0.25) is 0 Å². The lowest BCUT2D eigenvalue weighted by atomic mass is 9.72. The Morgan fingerprint density at radius 1 is 1.32 bits per heavy atom. The van der Waals surface area contributed by atoms with Gasteiger partial charge in [-0.15, -0.1) is 11.3 Å². The number of fused-ring (bicyclic) bond motifs is 1. The summed E-state index contributed by atoms with van der Waals surface area (Å²) in [6, 6.07) is 4.32. The van der Waals surface area contributed by atoms with Crippen LogP contribution in [0.25, 0.3) is 0 Å². The average molecular weight is 481 g/mol. The highest BCUT2D eigenvalue weighted by molar-refractivity contribution is 7.16. The van der Waals surface area contributed by atoms with Gasteiger partial charge in [0.15, 0.2) is 5.84 Å². The molecule has 1 aliphatic carbocycles. The fourth-order valence-corrected chi connectivity index (χ4v) is 6.12. The van der Waals surface area contributed by atoms with Gasteiger partial charge in [-0.05, 0) is 52.5 Å². The van der Waals surface area contributed by atoms with Gasteiger partial charge >= 0.3 is 0 Å². The molecule has 1 fully saturated rings. The van der Waals surface area contributed by atoms with Crippen LogP contribution in [0.4, 0.5) is 10.9 Å². The zero-order chi connectivity index (χ0) is 24.5. The number of nitrogens with zero attached hydrogens (tertiary/aromatic N) is 5. The summed E-state index contributed by atoms with van der Waals surface area (Å²) in [6.45, 7) is 9.89. The van der Waals surface area contributed by atoms with Crippen molar-refractivity contribution in [1.29, 1.82) is 10.7 Å². The zero-order valence-electron chi connectivity index (χ0n) is 20.0. The van der Waals surface area contributed by atoms with Crippen molar-refractivity contribution in [3.05, 3.63) is 34.0 Å². The third-order valence-corrected chi connectivity index (χ3v) is 8.01. The predicted octanol–water partition coefficient (Wildman–Crippen LogP) is 2.65. The van der Waals surface area contributed by atoms with Crippen LogP contribution < -0.4 is 16.0 Å². The largest absolute Gasteiger partial charge is 0.389 e. The lowest BCUT2D eigenvalue weighted by molar-refractivity contribution is -0.125. The summed E-state index contributed by atoms with van der Waals surface area (Å²) in [6.07, 6.45) is 4.89. The van der Waals surface area contributed by atoms with E-state index < -0.39 is 5.41 Å². The van der Waals surface area contributed by atoms with Crippen LogP contribution in [-0.4, -0.2) is 58.8 Å². The summed E-state index contributed by atoms with van der Waals surface area (Å²) < 4.78 is 0. The maximum Gasteiger partial charge on any atom is 0.236 e. The third kappa shape index (κ3) is 4.50. The number of hydrogen-bond acceptors (Lipinski definition) is 9. The molecule has 0 saturated carbocycles. The molecular formula is C24H32N8OS. The topological polar surface area (TPSA) is 135 Å². The van der Waals surface area contributed by atoms with Gasteiger partial charge in [0.1, 0.15) is 16.8 Å². The fraction of sp³-hybridized carbons (Fsp3) is 0.542. The number of carbonyl (C=O) groups is 1. The molecule has 3 heterocycles. The summed E-state index contributed by atoms with van der Waals surface area (Å²) >= 11 is 1.39. The van der Waals surface area contributed by atoms with Crippen molar-refractivity contribution in [1.82, 2.24) is 20.2 Å². The molecule has 2 aromatic heterocycles. The Morgan fingerprint density at radius 2 is 2.12 bits per heavy atom. The molecule has 1 aliphatic heterocycles. The first kappa shape index (κ1) is 24.1. The van der Waals surface area contributed by atoms with Crippen LogP contribution in [0.15, 0.2) is 12.3 Å². The van der Waals surface area contributed by atoms with E-state index in [1.807, 2.05) is 6.92 Å². The minimum absolute atomic E-state index is 0.0673. The first-order valence-corrected chi connectivity index (χ1v) is 12.6. The number of aryl methyl sites for hydroxylation is 1. The minimum Gasteiger partial charge on any atom is -0.389 e. The van der Waals surface area contributed by atoms with E-state index >= 15 is 0 Å². The summed E-state index contributed by atoms with van der Waals surface area (Å²) in [5.41, 5.74) is 6.63. The van der Waals surface area contributed by atoms with E-state index in [2.05, 4.69) is 45.0 Å². The third-order valence-electron chi connectivity index (χ3n) is 6.93. The molecule has 2 aliphatic rings. The highest BCUT2D eigenvalue weighted by Gasteiger charge is 2.43. The molecule has 4 N–H and O–H groups in total. The summed E-state index contributed by atoms with van der Waals surface area (Å²) in [4.78, 5) is 28.0. The number of nitrogens with two attached hydrogens (primary N) is 1. The van der Waals surface area contributed by atoms with Gasteiger partial charge in [-0.25, -0.2) is 9.97 Å². The Balaban J connectivity index is 1.51. The standard InChI is InChI=1S/C24H32N8OS/c1-15(2)31-10-5-11-32(13-12-31)23-28-9-7-17(29-23)20(26)30-22(33)24(3)8-4-6-18-19(24)16(14-25)21(27)34-18/h7,9,15H,4-6,8,10-13,27H2,1-3H3,(H2,26,30,33)/t24-/m0/s1. The molecule has 1 atom stereocenters. The van der Waals surface area contributed by atoms with Crippen molar-refractivity contribution in [2.45, 2.75) is 57.9 Å². The molecule has 0 unspecified atom stereocenters. The van der Waals surface area contributed by atoms with Crippen LogP contribution in [0.5, 0.6) is 0 Å². The molecule has 1 amide bonds. The number of rotatable bonds is 4. The van der Waals surface area contributed by atoms with Crippen molar-refractivity contribution >= 4 is 34.0 Å². The van der Waals surface area contributed by atoms with Gasteiger partial charge in [0, 0.05) is 48.9 Å². The molecule has 34 heavy (non-hydrogen) atoms. The Bertz CT molecular complexity index is 1140. The molecule has 0 bridgehead atoms. The molecule has 2 aromatic rings. The number of nitrogen functional groups attached to an aromatic ring is 1. The van der Waals surface area contributed by atoms with Crippen molar-refractivity contribution in [3.63, 3.8) is 0 Å². The Hall–Kier alpha value is -3.03. The average Bonchev–Trinajstić information content (AvgIpc) is 2.98. The van der Waals surface area contributed by atoms with Crippen LogP contribution in [-0.2, 0) is 16.6 Å². The number of carbonyl (C=O) groups excluding carboxylic acids is 1. The van der Waals surface area contributed by atoms with Crippen molar-refractivity contribution in [2.24, 2.45) is 0 Å². The number of nitrogens with one attached hydrogen (secondary N) is 2. The van der Waals surface area contributed by atoms with E-state index in [1.54, 1.807) is 12.3 Å². The highest BCUT2D eigenvalue weighted by Crippen LogP contribution is 2.45. The van der Waals surface area contributed by atoms with Gasteiger partial charge in [0.25, 0.3) is 0 Å². The number of amidine groups is 1. The van der Waals surface area contributed by atoms with Crippen LogP contribution in [0.1, 0.15) is 61.7 Å². The maximum absolute atomic E-state index is 13.4. The second-order valence-corrected chi connectivity index (χ2v) is 10.6. The zero-order valence-corrected chi connectivity index (χ0v) is 20.8. The Morgan fingerprint density at radius 3 is 2.85 bits per heavy atom. The molecular weight excluding hydrogens is 448 g/mol. The van der Waals surface area contributed by atoms with Crippen LogP contribution in [0.3, 0.4) is 0 Å². The highest BCUT2D eigenvalue weighted by atomic mass is 32.1. The molecule has 4 rings (SSSR count). The molecule has 10 heteroatoms. The van der Waals surface area contributed by atoms with Crippen molar-refractivity contribution < 1.29 is 4.79 Å². The number of anilines is 2. The first-order valence-electron chi connectivity index (χ1n) is 11.8. The molecule has 0 aromatic carbocycles. The second-order valence-electron chi connectivity index (χ2n) is 9.48. The smallest absolute Gasteiger partial charge is 0.236 e. The number of nitriles is 1. The molecule has 180 valence electrons. The van der Waals surface area contributed by atoms with E-state index in [0.29, 0.717) is 34.7 Å². The predicted molar refractivity (Wildman–Crippen MR) is 134 cm³/mol. The quantitative estimate of drug-likeness (QED) is 0.452. The Labute approximate surface area is 204 Å². The van der Waals surface area contributed by atoms with Crippen LogP contribution in [0, 0.1) is 16.7 Å². The lowest BCUT2D eigenvalue weighted by Gasteiger charge is -2.33.